The summed E-state index contributed by atoms with van der Waals surface area (Å²) in [6, 6.07) is 6.06. The maximum absolute atomic E-state index is 5.96. The lowest BCUT2D eigenvalue weighted by molar-refractivity contribution is -0.0261. The summed E-state index contributed by atoms with van der Waals surface area (Å²) in [5.74, 6) is 0. The number of hydrogen-bond acceptors (Lipinski definition) is 3. The summed E-state index contributed by atoms with van der Waals surface area (Å²) < 4.78 is 5.56. The molecular formula is C13H20Cl2N2O. The first-order valence-electron chi connectivity index (χ1n) is 5.98. The third kappa shape index (κ3) is 4.11. The molecule has 0 bridgehead atoms. The van der Waals surface area contributed by atoms with E-state index in [1.54, 1.807) is 0 Å². The van der Waals surface area contributed by atoms with Gasteiger partial charge in [-0.3, -0.25) is 4.90 Å². The van der Waals surface area contributed by atoms with E-state index in [1.165, 1.54) is 11.1 Å². The van der Waals surface area contributed by atoms with E-state index in [0.717, 1.165) is 31.3 Å². The summed E-state index contributed by atoms with van der Waals surface area (Å²) in [4.78, 5) is 2.39. The minimum Gasteiger partial charge on any atom is -0.374 e. The first-order valence-corrected chi connectivity index (χ1v) is 6.36. The Morgan fingerprint density at radius 2 is 2.28 bits per heavy atom. The number of halogens is 2. The molecule has 0 radical (unpaired) electrons. The topological polar surface area (TPSA) is 38.5 Å². The first-order chi connectivity index (χ1) is 8.19. The first kappa shape index (κ1) is 15.7. The molecule has 0 aliphatic carbocycles. The van der Waals surface area contributed by atoms with Gasteiger partial charge in [0.15, 0.2) is 0 Å². The van der Waals surface area contributed by atoms with Crippen LogP contribution < -0.4 is 5.73 Å². The Labute approximate surface area is 120 Å². The molecule has 1 fully saturated rings. The van der Waals surface area contributed by atoms with Crippen molar-refractivity contribution >= 4 is 24.0 Å². The second-order valence-corrected chi connectivity index (χ2v) is 4.97. The van der Waals surface area contributed by atoms with E-state index < -0.39 is 0 Å². The van der Waals surface area contributed by atoms with Crippen molar-refractivity contribution in [3.63, 3.8) is 0 Å². The van der Waals surface area contributed by atoms with Gasteiger partial charge >= 0.3 is 0 Å². The van der Waals surface area contributed by atoms with E-state index >= 15 is 0 Å². The summed E-state index contributed by atoms with van der Waals surface area (Å²) in [6.07, 6.45) is 0.177. The molecule has 1 saturated heterocycles. The maximum Gasteiger partial charge on any atom is 0.0824 e. The van der Waals surface area contributed by atoms with Crippen LogP contribution in [0.4, 0.5) is 0 Å². The van der Waals surface area contributed by atoms with Gasteiger partial charge in [0.2, 0.25) is 0 Å². The number of aryl methyl sites for hydroxylation is 1. The van der Waals surface area contributed by atoms with Gasteiger partial charge in [0, 0.05) is 31.2 Å². The zero-order chi connectivity index (χ0) is 12.3. The van der Waals surface area contributed by atoms with Crippen LogP contribution in [-0.4, -0.2) is 37.2 Å². The minimum atomic E-state index is 0. The Balaban J connectivity index is 0.00000162. The van der Waals surface area contributed by atoms with Crippen molar-refractivity contribution in [1.29, 1.82) is 0 Å². The average Bonchev–Trinajstić information content (AvgIpc) is 2.33. The number of nitrogens with two attached hydrogens (primary N) is 1. The minimum absolute atomic E-state index is 0. The van der Waals surface area contributed by atoms with Crippen molar-refractivity contribution < 1.29 is 4.74 Å². The summed E-state index contributed by atoms with van der Waals surface area (Å²) in [7, 11) is 0. The third-order valence-electron chi connectivity index (χ3n) is 3.18. The Hall–Kier alpha value is -0.320. The normalized spacial score (nSPS) is 20.5. The fraction of sp³-hybridized carbons (Fsp3) is 0.538. The van der Waals surface area contributed by atoms with Crippen molar-refractivity contribution in [3.05, 3.63) is 34.3 Å². The number of rotatable bonds is 3. The molecule has 0 amide bonds. The summed E-state index contributed by atoms with van der Waals surface area (Å²) >= 11 is 5.96. The lowest BCUT2D eigenvalue weighted by Crippen LogP contribution is -2.45. The molecule has 0 saturated carbocycles. The Kier molecular flexibility index (Phi) is 6.39. The molecule has 1 unspecified atom stereocenters. The zero-order valence-corrected chi connectivity index (χ0v) is 12.1. The highest BCUT2D eigenvalue weighted by Gasteiger charge is 2.19. The molecule has 2 rings (SSSR count). The van der Waals surface area contributed by atoms with Crippen LogP contribution in [0.1, 0.15) is 11.1 Å². The number of hydrogen-bond donors (Lipinski definition) is 1. The Morgan fingerprint density at radius 3 is 2.94 bits per heavy atom. The van der Waals surface area contributed by atoms with Crippen LogP contribution in [0.3, 0.4) is 0 Å². The summed E-state index contributed by atoms with van der Waals surface area (Å²) in [5.41, 5.74) is 8.21. The predicted octanol–water partition coefficient (Wildman–Crippen LogP) is 2.23. The lowest BCUT2D eigenvalue weighted by Gasteiger charge is -2.32. The van der Waals surface area contributed by atoms with Crippen LogP contribution in [0, 0.1) is 6.92 Å². The molecule has 1 aliphatic heterocycles. The molecule has 1 aliphatic rings. The lowest BCUT2D eigenvalue weighted by atomic mass is 10.1. The highest BCUT2D eigenvalue weighted by molar-refractivity contribution is 6.30. The van der Waals surface area contributed by atoms with Crippen molar-refractivity contribution in [3.8, 4) is 0 Å². The zero-order valence-electron chi connectivity index (χ0n) is 10.6. The number of nitrogens with zero attached hydrogens (tertiary/aromatic N) is 1. The van der Waals surface area contributed by atoms with Crippen LogP contribution in [-0.2, 0) is 11.3 Å². The number of ether oxygens (including phenoxy) is 1. The van der Waals surface area contributed by atoms with Crippen molar-refractivity contribution in [2.24, 2.45) is 5.73 Å². The van der Waals surface area contributed by atoms with Gasteiger partial charge in [-0.05, 0) is 30.2 Å². The third-order valence-corrected chi connectivity index (χ3v) is 3.42. The fourth-order valence-corrected chi connectivity index (χ4v) is 2.37. The van der Waals surface area contributed by atoms with Crippen LogP contribution in [0.2, 0.25) is 5.02 Å². The van der Waals surface area contributed by atoms with Crippen LogP contribution in [0.15, 0.2) is 18.2 Å². The van der Waals surface area contributed by atoms with Gasteiger partial charge in [-0.25, -0.2) is 0 Å². The van der Waals surface area contributed by atoms with Crippen molar-refractivity contribution in [2.75, 3.05) is 26.2 Å². The Morgan fingerprint density at radius 1 is 1.50 bits per heavy atom. The van der Waals surface area contributed by atoms with Gasteiger partial charge < -0.3 is 10.5 Å². The molecular weight excluding hydrogens is 271 g/mol. The molecule has 2 N–H and O–H groups in total. The molecule has 1 aromatic rings. The van der Waals surface area contributed by atoms with Gasteiger partial charge in [-0.15, -0.1) is 12.4 Å². The second-order valence-electron chi connectivity index (χ2n) is 4.53. The van der Waals surface area contributed by atoms with Crippen molar-refractivity contribution in [1.82, 2.24) is 4.90 Å². The standard InChI is InChI=1S/C13H19ClN2O.ClH/c1-10-6-12(14)3-2-11(10)8-16-4-5-17-13(7-15)9-16;/h2-3,6,13H,4-5,7-9,15H2,1H3;1H. The quantitative estimate of drug-likeness (QED) is 0.928. The highest BCUT2D eigenvalue weighted by atomic mass is 35.5. The average molecular weight is 291 g/mol. The monoisotopic (exact) mass is 290 g/mol. The van der Waals surface area contributed by atoms with E-state index in [0.29, 0.717) is 6.54 Å². The molecule has 1 atom stereocenters. The van der Waals surface area contributed by atoms with Gasteiger partial charge in [0.05, 0.1) is 12.7 Å². The fourth-order valence-electron chi connectivity index (χ4n) is 2.14. The molecule has 5 heteroatoms. The Bertz CT molecular complexity index is 387. The van der Waals surface area contributed by atoms with E-state index in [2.05, 4.69) is 17.9 Å². The summed E-state index contributed by atoms with van der Waals surface area (Å²) in [6.45, 7) is 6.30. The number of morpholine rings is 1. The molecule has 3 nitrogen and oxygen atoms in total. The van der Waals surface area contributed by atoms with Gasteiger partial charge in [0.25, 0.3) is 0 Å². The SMILES string of the molecule is Cc1cc(Cl)ccc1CN1CCOC(CN)C1.Cl. The van der Waals surface area contributed by atoms with E-state index in [4.69, 9.17) is 22.1 Å². The summed E-state index contributed by atoms with van der Waals surface area (Å²) in [5, 5.41) is 0.799. The van der Waals surface area contributed by atoms with Gasteiger partial charge in [0.1, 0.15) is 0 Å². The molecule has 0 aromatic heterocycles. The largest absolute Gasteiger partial charge is 0.374 e. The molecule has 1 aromatic carbocycles. The molecule has 102 valence electrons. The maximum atomic E-state index is 5.96. The smallest absolute Gasteiger partial charge is 0.0824 e. The van der Waals surface area contributed by atoms with E-state index in [1.807, 2.05) is 12.1 Å². The van der Waals surface area contributed by atoms with E-state index in [9.17, 15) is 0 Å². The molecule has 18 heavy (non-hydrogen) atoms. The van der Waals surface area contributed by atoms with Crippen LogP contribution in [0.25, 0.3) is 0 Å². The van der Waals surface area contributed by atoms with Gasteiger partial charge in [-0.2, -0.15) is 0 Å². The van der Waals surface area contributed by atoms with Crippen LogP contribution >= 0.6 is 24.0 Å². The molecule has 0 spiro atoms. The highest BCUT2D eigenvalue weighted by Crippen LogP contribution is 2.18. The second kappa shape index (κ2) is 7.31. The van der Waals surface area contributed by atoms with Gasteiger partial charge in [-0.1, -0.05) is 17.7 Å². The number of benzene rings is 1. The predicted molar refractivity (Wildman–Crippen MR) is 77.5 cm³/mol. The van der Waals surface area contributed by atoms with Crippen LogP contribution in [0.5, 0.6) is 0 Å². The van der Waals surface area contributed by atoms with E-state index in [-0.39, 0.29) is 18.5 Å². The van der Waals surface area contributed by atoms with Crippen molar-refractivity contribution in [2.45, 2.75) is 19.6 Å². The molecule has 1 heterocycles.